The molecule has 0 unspecified atom stereocenters. The second-order valence-corrected chi connectivity index (χ2v) is 19.0. The van der Waals surface area contributed by atoms with Crippen LogP contribution in [-0.2, 0) is 171 Å². The summed E-state index contributed by atoms with van der Waals surface area (Å²) >= 11 is -36.4. The molecule has 0 N–H and O–H groups in total. The van der Waals surface area contributed by atoms with Crippen molar-refractivity contribution >= 4 is 0 Å². The first kappa shape index (κ1) is 55.7. The zero-order valence-electron chi connectivity index (χ0n) is 25.4. The van der Waals surface area contributed by atoms with Gasteiger partial charge in [-0.2, -0.15) is 0 Å². The predicted molar refractivity (Wildman–Crippen MR) is 115 cm³/mol. The Morgan fingerprint density at radius 2 is 0.377 bits per heavy atom. The maximum atomic E-state index is 9.38. The Hall–Kier alpha value is -1.62. The molecular formula is C24H20Cr8O21. The monoisotopic (exact) mass is 1060 g/mol. The van der Waals surface area contributed by atoms with Gasteiger partial charge >= 0.3 is 196 Å². The van der Waals surface area contributed by atoms with Gasteiger partial charge in [-0.05, 0) is 22.3 Å². The second-order valence-electron chi connectivity index (χ2n) is 8.12. The molecule has 4 rings (SSSR count). The van der Waals surface area contributed by atoms with E-state index in [1.807, 2.05) is 24.3 Å². The normalized spacial score (nSPS) is 11.3. The number of hydrogen-bond acceptors (Lipinski definition) is 21. The first-order valence-corrected chi connectivity index (χ1v) is 24.6. The Morgan fingerprint density at radius 1 is 0.264 bits per heavy atom. The van der Waals surface area contributed by atoms with Crippen LogP contribution in [0.2, 0.25) is 0 Å². The maximum absolute atomic E-state index is 9.38. The summed E-state index contributed by atoms with van der Waals surface area (Å²) in [6.45, 7) is 0. The number of hydrogen-bond donors (Lipinski definition) is 0. The van der Waals surface area contributed by atoms with E-state index >= 15 is 0 Å². The SMILES string of the molecule is [Cr+3].[Cr+3].[O]=[Cr](=[O])([O-])[O][Cr](=[O])(=[O])[O-].[O]=[Cr](=[O])([O-])[O][Cr](=[O])(=[O])[O-].[O]=[Cr](=[O])([O-])[O][Cr](=[O])(=[O])[O-].c1ccc(-c2ccccc2)cc1.c1ccc(-c2ccccc2)cc1. The van der Waals surface area contributed by atoms with Gasteiger partial charge in [-0.25, -0.2) is 0 Å². The third-order valence-electron chi connectivity index (χ3n) is 4.26. The number of benzene rings is 4. The minimum absolute atomic E-state index is 0. The van der Waals surface area contributed by atoms with Gasteiger partial charge in [0.05, 0.1) is 0 Å². The van der Waals surface area contributed by atoms with Crippen LogP contribution >= 0.6 is 0 Å². The fraction of sp³-hybridized carbons (Fsp3) is 0. The first-order valence-electron chi connectivity index (χ1n) is 12.1. The summed E-state index contributed by atoms with van der Waals surface area (Å²) in [4.78, 5) is 0. The van der Waals surface area contributed by atoms with E-state index in [0.717, 1.165) is 0 Å². The van der Waals surface area contributed by atoms with Crippen LogP contribution in [0.4, 0.5) is 0 Å². The molecule has 53 heavy (non-hydrogen) atoms. The smallest absolute Gasteiger partial charge is 0.0184 e. The molecule has 2 radical (unpaired) electrons. The molecule has 0 saturated carbocycles. The molecule has 290 valence electrons. The summed E-state index contributed by atoms with van der Waals surface area (Å²) in [7, 11) is 0. The Morgan fingerprint density at radius 3 is 0.453 bits per heavy atom. The Balaban J connectivity index is -0.000000590. The van der Waals surface area contributed by atoms with Crippen molar-refractivity contribution in [2.24, 2.45) is 0 Å². The molecule has 0 spiro atoms. The maximum Gasteiger partial charge on any atom is -0.0184 e. The zero-order valence-corrected chi connectivity index (χ0v) is 35.6. The van der Waals surface area contributed by atoms with Crippen LogP contribution in [0, 0.1) is 0 Å². The third kappa shape index (κ3) is 37.1. The van der Waals surface area contributed by atoms with Crippen LogP contribution in [0.15, 0.2) is 121 Å². The molecule has 0 amide bonds. The van der Waals surface area contributed by atoms with Gasteiger partial charge in [0.15, 0.2) is 0 Å². The number of rotatable bonds is 8. The van der Waals surface area contributed by atoms with Gasteiger partial charge in [-0.3, -0.25) is 0 Å². The van der Waals surface area contributed by atoms with E-state index < -0.39 is 81.7 Å². The van der Waals surface area contributed by atoms with Crippen LogP contribution in [0.1, 0.15) is 0 Å². The second kappa shape index (κ2) is 25.5. The van der Waals surface area contributed by atoms with E-state index in [-0.39, 0.29) is 34.7 Å². The van der Waals surface area contributed by atoms with Crippen LogP contribution in [0.3, 0.4) is 0 Å². The first-order chi connectivity index (χ1) is 23.1. The summed E-state index contributed by atoms with van der Waals surface area (Å²) in [6, 6.07) is 41.6. The van der Waals surface area contributed by atoms with Gasteiger partial charge in [-0.15, -0.1) is 0 Å². The summed E-state index contributed by atoms with van der Waals surface area (Å²) in [6.07, 6.45) is 0. The molecule has 0 saturated heterocycles. The van der Waals surface area contributed by atoms with Crippen LogP contribution < -0.4 is 24.9 Å². The molecule has 0 aliphatic heterocycles. The fourth-order valence-corrected chi connectivity index (χ4v) is 7.73. The molecular weight excluding hydrogens is 1040 g/mol. The topological polar surface area (TPSA) is 371 Å². The average Bonchev–Trinajstić information content (AvgIpc) is 2.95. The van der Waals surface area contributed by atoms with Crippen molar-refractivity contribution in [3.05, 3.63) is 121 Å². The van der Waals surface area contributed by atoms with E-state index in [1.165, 1.54) is 22.3 Å². The van der Waals surface area contributed by atoms with Gasteiger partial charge in [0.1, 0.15) is 0 Å². The van der Waals surface area contributed by atoms with Crippen molar-refractivity contribution < 1.29 is 196 Å². The standard InChI is InChI=1S/2C12H10.8Cr.21O/c2*1-3-7-11(8-4-1)12-9-5-2-6-10-12;;;;;;;;;;;;;;;;;;;;;;;;;;;;;/h2*1-10H;;;;;;;;;;;;;;;;;;;;;;;;;;;;;/q;;;;;;;;2*+3;;;;;;;;;;;;;;;;6*-1. The summed E-state index contributed by atoms with van der Waals surface area (Å²) in [5, 5.41) is 0. The molecule has 0 fully saturated rings. The molecule has 4 aromatic carbocycles. The van der Waals surface area contributed by atoms with Gasteiger partial charge in [0.2, 0.25) is 0 Å². The molecule has 4 aromatic rings. The molecule has 0 atom stereocenters. The van der Waals surface area contributed by atoms with Crippen molar-refractivity contribution in [2.75, 3.05) is 0 Å². The fourth-order valence-electron chi connectivity index (χ4n) is 2.83. The molecule has 0 heterocycles. The quantitative estimate of drug-likeness (QED) is 0.183. The van der Waals surface area contributed by atoms with E-state index in [9.17, 15) is 70.6 Å². The van der Waals surface area contributed by atoms with E-state index in [1.54, 1.807) is 0 Å². The van der Waals surface area contributed by atoms with Crippen molar-refractivity contribution in [1.29, 1.82) is 0 Å². The minimum Gasteiger partial charge on any atom is -0.0622 e. The van der Waals surface area contributed by atoms with Crippen LogP contribution in [0.5, 0.6) is 0 Å². The minimum atomic E-state index is -6.07. The average molecular weight is 1060 g/mol. The molecule has 21 nitrogen and oxygen atoms in total. The Bertz CT molecular complexity index is 1900. The Kier molecular flexibility index (Phi) is 26.8. The zero-order chi connectivity index (χ0) is 39.6. The van der Waals surface area contributed by atoms with E-state index in [4.69, 9.17) is 0 Å². The van der Waals surface area contributed by atoms with Gasteiger partial charge in [0.25, 0.3) is 0 Å². The Labute approximate surface area is 335 Å². The van der Waals surface area contributed by atoms with Crippen molar-refractivity contribution in [3.8, 4) is 22.3 Å². The van der Waals surface area contributed by atoms with Crippen LogP contribution in [0.25, 0.3) is 22.3 Å². The van der Waals surface area contributed by atoms with Crippen molar-refractivity contribution in [3.63, 3.8) is 0 Å². The van der Waals surface area contributed by atoms with Crippen molar-refractivity contribution in [1.82, 2.24) is 0 Å². The molecule has 0 aliphatic carbocycles. The molecule has 0 bridgehead atoms. The third-order valence-corrected chi connectivity index (χ3v) is 12.3. The summed E-state index contributed by atoms with van der Waals surface area (Å²) in [5.41, 5.74) is 5.10. The summed E-state index contributed by atoms with van der Waals surface area (Å²) in [5.74, 6) is 0. The van der Waals surface area contributed by atoms with Crippen LogP contribution in [-0.4, -0.2) is 0 Å². The largest absolute Gasteiger partial charge is 0.0622 e. The van der Waals surface area contributed by atoms with Crippen molar-refractivity contribution in [2.45, 2.75) is 0 Å². The molecule has 29 heteroatoms. The molecule has 0 aromatic heterocycles. The van der Waals surface area contributed by atoms with Gasteiger partial charge in [0, 0.05) is 0 Å². The van der Waals surface area contributed by atoms with Gasteiger partial charge < -0.3 is 0 Å². The predicted octanol–water partition coefficient (Wildman–Crippen LogP) is -2.08. The van der Waals surface area contributed by atoms with E-state index in [0.29, 0.717) is 0 Å². The molecule has 0 aliphatic rings. The van der Waals surface area contributed by atoms with Gasteiger partial charge in [-0.1, -0.05) is 121 Å². The van der Waals surface area contributed by atoms with E-state index in [2.05, 4.69) is 106 Å². The summed E-state index contributed by atoms with van der Waals surface area (Å²) < 4.78 is 177.